The molecule has 0 bridgehead atoms. The van der Waals surface area contributed by atoms with Gasteiger partial charge in [-0.1, -0.05) is 30.8 Å². The molecule has 160 valence electrons. The number of nitro benzene ring substituents is 1. The first-order valence-corrected chi connectivity index (χ1v) is 11.1. The predicted octanol–water partition coefficient (Wildman–Crippen LogP) is 4.03. The molecular weight excluding hydrogens is 418 g/mol. The van der Waals surface area contributed by atoms with E-state index in [9.17, 15) is 14.9 Å². The number of rotatable bonds is 5. The Morgan fingerprint density at radius 3 is 2.74 bits per heavy atom. The number of piperidine rings is 1. The van der Waals surface area contributed by atoms with Crippen molar-refractivity contribution in [3.8, 4) is 11.6 Å². The highest BCUT2D eigenvalue weighted by molar-refractivity contribution is 8.00. The van der Waals surface area contributed by atoms with E-state index in [1.165, 1.54) is 28.6 Å². The molecule has 0 aliphatic carbocycles. The number of likely N-dealkylation sites (tertiary alicyclic amines) is 1. The molecule has 0 saturated carbocycles. The molecule has 31 heavy (non-hydrogen) atoms. The van der Waals surface area contributed by atoms with Gasteiger partial charge < -0.3 is 4.42 Å². The van der Waals surface area contributed by atoms with Gasteiger partial charge in [0, 0.05) is 18.7 Å². The Bertz CT molecular complexity index is 1110. The molecule has 0 N–H and O–H groups in total. The van der Waals surface area contributed by atoms with Crippen molar-refractivity contribution in [2.24, 2.45) is 5.92 Å². The summed E-state index contributed by atoms with van der Waals surface area (Å²) in [5, 5.41) is 15.6. The molecular formula is C21H21N5O4S. The number of nitro groups is 1. The molecule has 5 rings (SSSR count). The lowest BCUT2D eigenvalue weighted by molar-refractivity contribution is -0.384. The zero-order valence-electron chi connectivity index (χ0n) is 16.9. The lowest BCUT2D eigenvalue weighted by atomic mass is 9.94. The zero-order chi connectivity index (χ0) is 21.5. The maximum Gasteiger partial charge on any atom is 0.269 e. The number of benzene rings is 1. The summed E-state index contributed by atoms with van der Waals surface area (Å²) < 4.78 is 6.71. The average molecular weight is 439 g/mol. The monoisotopic (exact) mass is 439 g/mol. The quantitative estimate of drug-likeness (QED) is 0.433. The van der Waals surface area contributed by atoms with Crippen molar-refractivity contribution < 1.29 is 14.1 Å². The van der Waals surface area contributed by atoms with Crippen molar-refractivity contribution in [1.82, 2.24) is 19.7 Å². The van der Waals surface area contributed by atoms with Gasteiger partial charge in [-0.2, -0.15) is 9.67 Å². The third kappa shape index (κ3) is 3.66. The van der Waals surface area contributed by atoms with E-state index in [1.54, 1.807) is 30.5 Å². The van der Waals surface area contributed by atoms with Crippen LogP contribution in [0.4, 0.5) is 5.69 Å². The third-order valence-electron chi connectivity index (χ3n) is 5.82. The minimum absolute atomic E-state index is 0.0394. The molecule has 0 radical (unpaired) electrons. The van der Waals surface area contributed by atoms with E-state index in [0.29, 0.717) is 22.7 Å². The van der Waals surface area contributed by atoms with Crippen molar-refractivity contribution in [1.29, 1.82) is 0 Å². The van der Waals surface area contributed by atoms with E-state index in [1.807, 2.05) is 0 Å². The first kappa shape index (κ1) is 20.0. The van der Waals surface area contributed by atoms with Crippen LogP contribution in [0.5, 0.6) is 0 Å². The summed E-state index contributed by atoms with van der Waals surface area (Å²) in [6, 6.07) is 9.83. The maximum atomic E-state index is 13.4. The number of fused-ring (bicyclic) bond motifs is 1. The van der Waals surface area contributed by atoms with Crippen LogP contribution in [0.3, 0.4) is 0 Å². The van der Waals surface area contributed by atoms with Gasteiger partial charge in [0.25, 0.3) is 11.6 Å². The summed E-state index contributed by atoms with van der Waals surface area (Å²) in [4.78, 5) is 30.9. The Hall–Kier alpha value is -2.98. The highest BCUT2D eigenvalue weighted by Crippen LogP contribution is 2.43. The molecule has 10 heteroatoms. The molecule has 1 aromatic carbocycles. The smallest absolute Gasteiger partial charge is 0.269 e. The number of non-ortho nitro benzene ring substituents is 1. The van der Waals surface area contributed by atoms with Gasteiger partial charge in [0.1, 0.15) is 5.25 Å². The summed E-state index contributed by atoms with van der Waals surface area (Å²) in [6.07, 6.45) is 3.76. The van der Waals surface area contributed by atoms with Crippen molar-refractivity contribution in [2.75, 3.05) is 13.1 Å². The highest BCUT2D eigenvalue weighted by Gasteiger charge is 2.44. The maximum absolute atomic E-state index is 13.4. The predicted molar refractivity (Wildman–Crippen MR) is 114 cm³/mol. The van der Waals surface area contributed by atoms with Crippen molar-refractivity contribution in [3.05, 3.63) is 58.3 Å². The standard InChI is InChI=1S/C21H21N5O4S/c1-13-4-2-10-24(12-13)17(14-6-8-15(9-7-14)26(28)29)18-20(27)25-21(31-18)22-19(23-25)16-5-3-11-30-16/h3,5-9,11,13,17-18H,2,4,10,12H2,1H3. The fourth-order valence-electron chi connectivity index (χ4n) is 4.36. The lowest BCUT2D eigenvalue weighted by Gasteiger charge is -2.39. The van der Waals surface area contributed by atoms with Gasteiger partial charge in [-0.25, -0.2) is 0 Å². The Labute approximate surface area is 182 Å². The second-order valence-corrected chi connectivity index (χ2v) is 9.13. The highest BCUT2D eigenvalue weighted by atomic mass is 32.2. The Morgan fingerprint density at radius 2 is 2.10 bits per heavy atom. The molecule has 2 aliphatic heterocycles. The van der Waals surface area contributed by atoms with E-state index < -0.39 is 10.2 Å². The van der Waals surface area contributed by atoms with Gasteiger partial charge in [0.15, 0.2) is 10.9 Å². The topological polar surface area (TPSA) is 107 Å². The number of hydrogen-bond donors (Lipinski definition) is 0. The molecule has 1 fully saturated rings. The van der Waals surface area contributed by atoms with Gasteiger partial charge in [-0.15, -0.1) is 5.10 Å². The fraction of sp³-hybridized carbons (Fsp3) is 0.381. The SMILES string of the molecule is CC1CCCN(C(c2ccc([N+](=O)[O-])cc2)C2Sc3nc(-c4ccco4)nn3C2=O)C1. The van der Waals surface area contributed by atoms with Crippen LogP contribution in [0, 0.1) is 16.0 Å². The molecule has 4 heterocycles. The molecule has 0 amide bonds. The number of furan rings is 1. The number of thioether (sulfide) groups is 1. The van der Waals surface area contributed by atoms with Gasteiger partial charge in [0.05, 0.1) is 17.2 Å². The first-order chi connectivity index (χ1) is 15.0. The minimum atomic E-state index is -0.424. The van der Waals surface area contributed by atoms with E-state index in [0.717, 1.165) is 31.5 Å². The molecule has 2 aromatic heterocycles. The molecule has 3 atom stereocenters. The molecule has 1 saturated heterocycles. The lowest BCUT2D eigenvalue weighted by Crippen LogP contribution is -2.43. The van der Waals surface area contributed by atoms with Gasteiger partial charge in [-0.3, -0.25) is 19.8 Å². The van der Waals surface area contributed by atoms with Crippen LogP contribution in [0.15, 0.2) is 52.2 Å². The van der Waals surface area contributed by atoms with E-state index in [2.05, 4.69) is 21.9 Å². The van der Waals surface area contributed by atoms with Crippen molar-refractivity contribution >= 4 is 23.4 Å². The number of aromatic nitrogens is 3. The van der Waals surface area contributed by atoms with Crippen LogP contribution in [0.2, 0.25) is 0 Å². The van der Waals surface area contributed by atoms with Crippen LogP contribution in [-0.4, -0.2) is 48.8 Å². The van der Waals surface area contributed by atoms with E-state index in [-0.39, 0.29) is 17.6 Å². The van der Waals surface area contributed by atoms with Crippen LogP contribution < -0.4 is 0 Å². The number of hydrogen-bond acceptors (Lipinski definition) is 8. The molecule has 0 spiro atoms. The summed E-state index contributed by atoms with van der Waals surface area (Å²) >= 11 is 1.39. The fourth-order valence-corrected chi connectivity index (χ4v) is 5.62. The first-order valence-electron chi connectivity index (χ1n) is 10.2. The van der Waals surface area contributed by atoms with Crippen LogP contribution in [0.25, 0.3) is 11.6 Å². The summed E-state index contributed by atoms with van der Waals surface area (Å²) in [7, 11) is 0. The Kier molecular flexibility index (Phi) is 5.11. The van der Waals surface area contributed by atoms with Gasteiger partial charge in [0.2, 0.25) is 5.82 Å². The van der Waals surface area contributed by atoms with E-state index >= 15 is 0 Å². The van der Waals surface area contributed by atoms with Crippen molar-refractivity contribution in [2.45, 2.75) is 36.2 Å². The zero-order valence-corrected chi connectivity index (χ0v) is 17.7. The second-order valence-electron chi connectivity index (χ2n) is 8.02. The minimum Gasteiger partial charge on any atom is -0.461 e. The Morgan fingerprint density at radius 1 is 1.29 bits per heavy atom. The average Bonchev–Trinajstić information content (AvgIpc) is 3.48. The number of carbonyl (C=O) groups is 1. The van der Waals surface area contributed by atoms with Crippen LogP contribution in [-0.2, 0) is 0 Å². The summed E-state index contributed by atoms with van der Waals surface area (Å²) in [5.41, 5.74) is 0.931. The third-order valence-corrected chi connectivity index (χ3v) is 7.01. The Balaban J connectivity index is 1.48. The van der Waals surface area contributed by atoms with Gasteiger partial charge in [-0.05, 0) is 43.0 Å². The normalized spacial score (nSPS) is 22.4. The number of carbonyl (C=O) groups excluding carboxylic acids is 1. The van der Waals surface area contributed by atoms with Crippen molar-refractivity contribution in [3.63, 3.8) is 0 Å². The van der Waals surface area contributed by atoms with Crippen LogP contribution in [0.1, 0.15) is 36.2 Å². The summed E-state index contributed by atoms with van der Waals surface area (Å²) in [6.45, 7) is 3.97. The van der Waals surface area contributed by atoms with Gasteiger partial charge >= 0.3 is 0 Å². The van der Waals surface area contributed by atoms with E-state index in [4.69, 9.17) is 4.42 Å². The van der Waals surface area contributed by atoms with Crippen LogP contribution >= 0.6 is 11.8 Å². The largest absolute Gasteiger partial charge is 0.461 e. The molecule has 9 nitrogen and oxygen atoms in total. The second kappa shape index (κ2) is 7.93. The number of nitrogens with zero attached hydrogens (tertiary/aromatic N) is 5. The molecule has 2 aliphatic rings. The molecule has 3 aromatic rings. The molecule has 3 unspecified atom stereocenters. The summed E-state index contributed by atoms with van der Waals surface area (Å²) in [5.74, 6) is 1.30.